The van der Waals surface area contributed by atoms with E-state index in [1.807, 2.05) is 0 Å². The summed E-state index contributed by atoms with van der Waals surface area (Å²) in [6, 6.07) is 0. The molecule has 0 aromatic rings. The van der Waals surface area contributed by atoms with Crippen LogP contribution < -0.4 is 59.8 Å². The molecule has 0 amide bonds. The minimum Gasteiger partial charge on any atom is -1.00 e. The van der Waals surface area contributed by atoms with E-state index in [-0.39, 0.29) is 119 Å². The Morgan fingerprint density at radius 2 is 0.667 bits per heavy atom. The molecule has 80 valence electrons. The van der Waals surface area contributed by atoms with Gasteiger partial charge in [-0.25, -0.2) is 0 Å². The Morgan fingerprint density at radius 3 is 0.667 bits per heavy atom. The molecule has 0 aliphatic rings. The molecule has 0 unspecified atom stereocenters. The van der Waals surface area contributed by atoms with Crippen molar-refractivity contribution in [2.45, 2.75) is 0 Å². The quantitative estimate of drug-likeness (QED) is 0.424. The molecule has 0 aliphatic carbocycles. The second kappa shape index (κ2) is 56.3. The Kier molecular flexibility index (Phi) is 255. The van der Waals surface area contributed by atoms with Crippen molar-refractivity contribution in [1.82, 2.24) is 0 Å². The molecule has 0 saturated heterocycles. The normalized spacial score (nSPS) is 3.20. The number of carboxylic acid groups (broad SMARTS) is 4. The molecule has 6 nitrogen and oxygen atoms in total. The van der Waals surface area contributed by atoms with E-state index in [0.717, 1.165) is 0 Å². The van der Waals surface area contributed by atoms with Crippen LogP contribution >= 0.6 is 0 Å². The summed E-state index contributed by atoms with van der Waals surface area (Å²) in [6.45, 7) is 0. The number of rotatable bonds is 0. The van der Waals surface area contributed by atoms with Crippen LogP contribution in [0.15, 0.2) is 0 Å². The van der Waals surface area contributed by atoms with E-state index in [9.17, 15) is 0 Å². The van der Waals surface area contributed by atoms with Gasteiger partial charge in [-0.3, -0.25) is 0 Å². The van der Waals surface area contributed by atoms with Gasteiger partial charge in [-0.05, 0) is 0 Å². The minimum atomic E-state index is -2.08. The average molecular weight is 337 g/mol. The van der Waals surface area contributed by atoms with E-state index in [2.05, 4.69) is 0 Å². The Bertz CT molecular complexity index is 86.4. The molecule has 0 aromatic heterocycles. The maximum Gasteiger partial charge on any atom is 2.00 e. The van der Waals surface area contributed by atoms with Crippen molar-refractivity contribution in [3.05, 3.63) is 0 Å². The molecule has 0 heterocycles. The molecule has 0 atom stereocenters. The number of hydrogen-bond donors (Lipinski definition) is 2. The van der Waals surface area contributed by atoms with E-state index < -0.39 is 12.3 Å². The largest absolute Gasteiger partial charge is 2.00 e. The van der Waals surface area contributed by atoms with Gasteiger partial charge in [0.05, 0.1) is 0 Å². The molecule has 0 bridgehead atoms. The molecule has 0 radical (unpaired) electrons. The molecule has 0 aromatic carbocycles. The Morgan fingerprint density at radius 1 is 0.667 bits per heavy atom. The average Bonchev–Trinajstić information content (AvgIpc) is 1.25. The molecular formula is C2H2Cl4Mg3O6. The van der Waals surface area contributed by atoms with Crippen LogP contribution in [0.1, 0.15) is 0 Å². The van der Waals surface area contributed by atoms with Gasteiger partial charge in [-0.2, -0.15) is 0 Å². The van der Waals surface area contributed by atoms with Crippen molar-refractivity contribution in [2.24, 2.45) is 0 Å². The predicted octanol–water partition coefficient (Wildman–Crippen LogP) is -15.4. The first-order valence-electron chi connectivity index (χ1n) is 1.26. The molecule has 0 rings (SSSR count). The van der Waals surface area contributed by atoms with Gasteiger partial charge < -0.3 is 79.6 Å². The second-order valence-electron chi connectivity index (χ2n) is 0.532. The summed E-state index contributed by atoms with van der Waals surface area (Å²) in [4.78, 5) is 16.9. The van der Waals surface area contributed by atoms with E-state index in [4.69, 9.17) is 30.0 Å². The fraction of sp³-hybridized carbons (Fsp3) is 0. The minimum absolute atomic E-state index is 0. The topological polar surface area (TPSA) is 121 Å². The third-order valence-corrected chi connectivity index (χ3v) is 0. The van der Waals surface area contributed by atoms with Gasteiger partial charge in [-0.15, -0.1) is 0 Å². The first-order chi connectivity index (χ1) is 3.46. The molecular weight excluding hydrogens is 335 g/mol. The molecule has 0 fully saturated rings. The standard InChI is InChI=1S/2CH2O3.4ClH.3Mg/c2*2-1(3)4;;;;;;;/h2*(H2,2,3,4);4*1H;;;/q;;;;;;3*+2/p-6. The summed E-state index contributed by atoms with van der Waals surface area (Å²) in [5.41, 5.74) is 0. The third kappa shape index (κ3) is 785. The summed E-state index contributed by atoms with van der Waals surface area (Å²) in [6.07, 6.45) is -4.17. The van der Waals surface area contributed by atoms with Crippen LogP contribution in [0.2, 0.25) is 0 Å². The van der Waals surface area contributed by atoms with Crippen molar-refractivity contribution in [3.8, 4) is 0 Å². The van der Waals surface area contributed by atoms with Gasteiger partial charge in [0.15, 0.2) is 0 Å². The summed E-state index contributed by atoms with van der Waals surface area (Å²) in [5, 5.41) is 30.6. The molecule has 0 aliphatic heterocycles. The zero-order chi connectivity index (χ0) is 7.15. The van der Waals surface area contributed by atoms with E-state index in [1.54, 1.807) is 0 Å². The van der Waals surface area contributed by atoms with Crippen LogP contribution in [0.5, 0.6) is 0 Å². The van der Waals surface area contributed by atoms with Gasteiger partial charge in [0.25, 0.3) is 0 Å². The van der Waals surface area contributed by atoms with Crippen molar-refractivity contribution >= 4 is 81.5 Å². The maximum atomic E-state index is 8.44. The smallest absolute Gasteiger partial charge is 1.00 e. The molecule has 2 N–H and O–H groups in total. The first-order valence-corrected chi connectivity index (χ1v) is 1.26. The van der Waals surface area contributed by atoms with Crippen molar-refractivity contribution < 1.29 is 79.6 Å². The van der Waals surface area contributed by atoms with Crippen LogP contribution in [-0.4, -0.2) is 91.7 Å². The van der Waals surface area contributed by atoms with Crippen molar-refractivity contribution in [1.29, 1.82) is 0 Å². The monoisotopic (exact) mass is 334 g/mol. The summed E-state index contributed by atoms with van der Waals surface area (Å²) in [5.74, 6) is 0. The van der Waals surface area contributed by atoms with Crippen LogP contribution in [0.4, 0.5) is 9.59 Å². The maximum absolute atomic E-state index is 8.44. The van der Waals surface area contributed by atoms with Crippen LogP contribution in [0, 0.1) is 0 Å². The fourth-order valence-corrected chi connectivity index (χ4v) is 0. The van der Waals surface area contributed by atoms with Crippen molar-refractivity contribution in [3.63, 3.8) is 0 Å². The van der Waals surface area contributed by atoms with E-state index >= 15 is 0 Å². The summed E-state index contributed by atoms with van der Waals surface area (Å²) < 4.78 is 0. The van der Waals surface area contributed by atoms with Crippen LogP contribution in [-0.2, 0) is 0 Å². The van der Waals surface area contributed by atoms with Gasteiger partial charge in [0.2, 0.25) is 12.3 Å². The summed E-state index contributed by atoms with van der Waals surface area (Å²) >= 11 is 0. The SMILES string of the molecule is O=C([O-])O.O=C([O-])O.[Cl-].[Cl-].[Cl-].[Cl-].[Mg+2].[Mg+2].[Mg+2]. The third-order valence-electron chi connectivity index (χ3n) is 0. The molecule has 0 saturated carbocycles. The van der Waals surface area contributed by atoms with Gasteiger partial charge in [0.1, 0.15) is 0 Å². The van der Waals surface area contributed by atoms with Gasteiger partial charge in [-0.1, -0.05) is 0 Å². The predicted molar refractivity (Wildman–Crippen MR) is 33.3 cm³/mol. The molecule has 0 spiro atoms. The van der Waals surface area contributed by atoms with Crippen LogP contribution in [0.25, 0.3) is 0 Å². The number of halogens is 4. The zero-order valence-electron chi connectivity index (χ0n) is 7.16. The summed E-state index contributed by atoms with van der Waals surface area (Å²) in [7, 11) is 0. The van der Waals surface area contributed by atoms with Crippen LogP contribution in [0.3, 0.4) is 0 Å². The molecule has 13 heteroatoms. The second-order valence-corrected chi connectivity index (χ2v) is 0.532. The van der Waals surface area contributed by atoms with E-state index in [1.165, 1.54) is 0 Å². The van der Waals surface area contributed by atoms with E-state index in [0.29, 0.717) is 0 Å². The number of carbonyl (C=O) groups is 2. The zero-order valence-corrected chi connectivity index (χ0v) is 14.4. The van der Waals surface area contributed by atoms with Gasteiger partial charge >= 0.3 is 69.2 Å². The Hall–Kier alpha value is 2.00. The Balaban J connectivity index is -0.00000000468. The Labute approximate surface area is 159 Å². The molecule has 15 heavy (non-hydrogen) atoms. The van der Waals surface area contributed by atoms with Crippen molar-refractivity contribution in [2.75, 3.05) is 0 Å². The number of hydrogen-bond acceptors (Lipinski definition) is 4. The van der Waals surface area contributed by atoms with Gasteiger partial charge in [0, 0.05) is 0 Å². The first kappa shape index (κ1) is 68.0. The fourth-order valence-electron chi connectivity index (χ4n) is 0.